The van der Waals surface area contributed by atoms with Crippen molar-refractivity contribution < 1.29 is 9.90 Å². The fraction of sp³-hybridized carbons (Fsp3) is 0.0714. The van der Waals surface area contributed by atoms with Gasteiger partial charge in [0.25, 0.3) is 0 Å². The summed E-state index contributed by atoms with van der Waals surface area (Å²) < 4.78 is 0. The van der Waals surface area contributed by atoms with Gasteiger partial charge in [-0.3, -0.25) is 0 Å². The standard InChI is InChI=1S/C14H15N3O2/c15-12-6-1-2-7-13(12)17-11-5-3-4-10(8-11)9-16-14(18)19/h1-8,16-17H,9,15H2,(H,18,19). The SMILES string of the molecule is Nc1ccccc1Nc1cccc(CNC(=O)O)c1. The number of nitrogens with two attached hydrogens (primary N) is 1. The second kappa shape index (κ2) is 5.77. The molecular formula is C14H15N3O2. The van der Waals surface area contributed by atoms with E-state index in [0.29, 0.717) is 5.69 Å². The van der Waals surface area contributed by atoms with Crippen LogP contribution in [0.25, 0.3) is 0 Å². The number of nitrogen functional groups attached to an aromatic ring is 1. The Kier molecular flexibility index (Phi) is 3.87. The molecule has 0 spiro atoms. The molecule has 2 aromatic rings. The highest BCUT2D eigenvalue weighted by Gasteiger charge is 2.01. The molecule has 0 aliphatic carbocycles. The van der Waals surface area contributed by atoms with E-state index in [1.807, 2.05) is 48.5 Å². The molecule has 98 valence electrons. The molecule has 19 heavy (non-hydrogen) atoms. The van der Waals surface area contributed by atoms with Gasteiger partial charge in [0.15, 0.2) is 0 Å². The van der Waals surface area contributed by atoms with E-state index in [4.69, 9.17) is 10.8 Å². The number of para-hydroxylation sites is 2. The normalized spacial score (nSPS) is 9.89. The second-order valence-corrected chi connectivity index (χ2v) is 4.07. The van der Waals surface area contributed by atoms with Crippen molar-refractivity contribution in [2.75, 3.05) is 11.1 Å². The van der Waals surface area contributed by atoms with Gasteiger partial charge >= 0.3 is 6.09 Å². The van der Waals surface area contributed by atoms with Crippen molar-refractivity contribution in [2.24, 2.45) is 0 Å². The third-order valence-corrected chi connectivity index (χ3v) is 2.61. The van der Waals surface area contributed by atoms with Crippen LogP contribution < -0.4 is 16.4 Å². The minimum Gasteiger partial charge on any atom is -0.465 e. The summed E-state index contributed by atoms with van der Waals surface area (Å²) in [6.45, 7) is 0.273. The molecule has 2 aromatic carbocycles. The van der Waals surface area contributed by atoms with Crippen LogP contribution >= 0.6 is 0 Å². The predicted molar refractivity (Wildman–Crippen MR) is 75.4 cm³/mol. The maximum atomic E-state index is 10.4. The summed E-state index contributed by atoms with van der Waals surface area (Å²) in [6, 6.07) is 15.0. The number of carboxylic acid groups (broad SMARTS) is 1. The van der Waals surface area contributed by atoms with Crippen LogP contribution in [0.1, 0.15) is 5.56 Å². The maximum absolute atomic E-state index is 10.4. The average Bonchev–Trinajstić information content (AvgIpc) is 2.40. The molecule has 0 fully saturated rings. The lowest BCUT2D eigenvalue weighted by molar-refractivity contribution is 0.194. The highest BCUT2D eigenvalue weighted by molar-refractivity contribution is 5.72. The quantitative estimate of drug-likeness (QED) is 0.634. The molecule has 1 amide bonds. The van der Waals surface area contributed by atoms with Gasteiger partial charge in [-0.25, -0.2) is 4.79 Å². The molecule has 0 saturated heterocycles. The molecule has 0 aromatic heterocycles. The Labute approximate surface area is 111 Å². The van der Waals surface area contributed by atoms with Crippen LogP contribution in [-0.4, -0.2) is 11.2 Å². The highest BCUT2D eigenvalue weighted by Crippen LogP contribution is 2.22. The van der Waals surface area contributed by atoms with Gasteiger partial charge in [0.2, 0.25) is 0 Å². The summed E-state index contributed by atoms with van der Waals surface area (Å²) in [6.07, 6.45) is -1.04. The van der Waals surface area contributed by atoms with Crippen molar-refractivity contribution in [3.05, 3.63) is 54.1 Å². The van der Waals surface area contributed by atoms with Gasteiger partial charge in [-0.15, -0.1) is 0 Å². The van der Waals surface area contributed by atoms with Gasteiger partial charge in [-0.05, 0) is 29.8 Å². The highest BCUT2D eigenvalue weighted by atomic mass is 16.4. The largest absolute Gasteiger partial charge is 0.465 e. The van der Waals surface area contributed by atoms with Gasteiger partial charge in [0.05, 0.1) is 11.4 Å². The Morgan fingerprint density at radius 3 is 2.68 bits per heavy atom. The Balaban J connectivity index is 2.11. The number of hydrogen-bond donors (Lipinski definition) is 4. The first-order chi connectivity index (χ1) is 9.15. The molecular weight excluding hydrogens is 242 g/mol. The topological polar surface area (TPSA) is 87.4 Å². The lowest BCUT2D eigenvalue weighted by Gasteiger charge is -2.10. The Bertz CT molecular complexity index is 584. The number of rotatable bonds is 4. The minimum atomic E-state index is -1.04. The van der Waals surface area contributed by atoms with Gasteiger partial charge in [0.1, 0.15) is 0 Å². The zero-order valence-electron chi connectivity index (χ0n) is 10.3. The molecule has 5 N–H and O–H groups in total. The first-order valence-electron chi connectivity index (χ1n) is 5.82. The zero-order valence-corrected chi connectivity index (χ0v) is 10.3. The zero-order chi connectivity index (χ0) is 13.7. The molecule has 0 aliphatic heterocycles. The molecule has 2 rings (SSSR count). The van der Waals surface area contributed by atoms with Crippen LogP contribution in [0, 0.1) is 0 Å². The average molecular weight is 257 g/mol. The van der Waals surface area contributed by atoms with Crippen molar-refractivity contribution in [3.8, 4) is 0 Å². The molecule has 0 saturated carbocycles. The van der Waals surface area contributed by atoms with Crippen molar-refractivity contribution in [1.82, 2.24) is 5.32 Å². The van der Waals surface area contributed by atoms with Crippen LogP contribution in [0.15, 0.2) is 48.5 Å². The number of hydrogen-bond acceptors (Lipinski definition) is 3. The Hall–Kier alpha value is -2.69. The molecule has 0 unspecified atom stereocenters. The maximum Gasteiger partial charge on any atom is 0.404 e. The lowest BCUT2D eigenvalue weighted by Crippen LogP contribution is -2.19. The fourth-order valence-corrected chi connectivity index (χ4v) is 1.70. The van der Waals surface area contributed by atoms with E-state index >= 15 is 0 Å². The molecule has 0 bridgehead atoms. The van der Waals surface area contributed by atoms with Crippen LogP contribution in [-0.2, 0) is 6.54 Å². The van der Waals surface area contributed by atoms with E-state index in [1.54, 1.807) is 0 Å². The van der Waals surface area contributed by atoms with Crippen LogP contribution in [0.2, 0.25) is 0 Å². The van der Waals surface area contributed by atoms with E-state index in [0.717, 1.165) is 16.9 Å². The molecule has 0 radical (unpaired) electrons. The molecule has 5 heteroatoms. The smallest absolute Gasteiger partial charge is 0.404 e. The molecule has 0 aliphatic rings. The van der Waals surface area contributed by atoms with Crippen molar-refractivity contribution in [2.45, 2.75) is 6.54 Å². The number of nitrogens with one attached hydrogen (secondary N) is 2. The lowest BCUT2D eigenvalue weighted by atomic mass is 10.2. The first kappa shape index (κ1) is 12.8. The number of benzene rings is 2. The van der Waals surface area contributed by atoms with Crippen LogP contribution in [0.3, 0.4) is 0 Å². The van der Waals surface area contributed by atoms with Crippen molar-refractivity contribution in [1.29, 1.82) is 0 Å². The van der Waals surface area contributed by atoms with E-state index in [1.165, 1.54) is 0 Å². The third-order valence-electron chi connectivity index (χ3n) is 2.61. The van der Waals surface area contributed by atoms with E-state index < -0.39 is 6.09 Å². The molecule has 5 nitrogen and oxygen atoms in total. The summed E-state index contributed by atoms with van der Waals surface area (Å²) in [5, 5.41) is 14.1. The van der Waals surface area contributed by atoms with E-state index in [9.17, 15) is 4.79 Å². The summed E-state index contributed by atoms with van der Waals surface area (Å²) in [4.78, 5) is 10.4. The Morgan fingerprint density at radius 2 is 1.95 bits per heavy atom. The molecule has 0 heterocycles. The number of anilines is 3. The minimum absolute atomic E-state index is 0.273. The van der Waals surface area contributed by atoms with Crippen molar-refractivity contribution in [3.63, 3.8) is 0 Å². The number of carbonyl (C=O) groups is 1. The van der Waals surface area contributed by atoms with E-state index in [-0.39, 0.29) is 6.54 Å². The third kappa shape index (κ3) is 3.64. The summed E-state index contributed by atoms with van der Waals surface area (Å²) in [5.74, 6) is 0. The van der Waals surface area contributed by atoms with Crippen LogP contribution in [0.4, 0.5) is 21.9 Å². The van der Waals surface area contributed by atoms with Gasteiger partial charge < -0.3 is 21.5 Å². The Morgan fingerprint density at radius 1 is 1.16 bits per heavy atom. The summed E-state index contributed by atoms with van der Waals surface area (Å²) in [7, 11) is 0. The van der Waals surface area contributed by atoms with Gasteiger partial charge in [-0.1, -0.05) is 24.3 Å². The predicted octanol–water partition coefficient (Wildman–Crippen LogP) is 2.78. The monoisotopic (exact) mass is 257 g/mol. The second-order valence-electron chi connectivity index (χ2n) is 4.07. The summed E-state index contributed by atoms with van der Waals surface area (Å²) in [5.41, 5.74) is 9.08. The van der Waals surface area contributed by atoms with E-state index in [2.05, 4.69) is 10.6 Å². The fourth-order valence-electron chi connectivity index (χ4n) is 1.70. The van der Waals surface area contributed by atoms with Gasteiger partial charge in [0, 0.05) is 12.2 Å². The van der Waals surface area contributed by atoms with Crippen LogP contribution in [0.5, 0.6) is 0 Å². The summed E-state index contributed by atoms with van der Waals surface area (Å²) >= 11 is 0. The first-order valence-corrected chi connectivity index (χ1v) is 5.82. The molecule has 0 atom stereocenters. The van der Waals surface area contributed by atoms with Crippen molar-refractivity contribution >= 4 is 23.2 Å². The number of amides is 1. The van der Waals surface area contributed by atoms with Gasteiger partial charge in [-0.2, -0.15) is 0 Å².